The van der Waals surface area contributed by atoms with E-state index in [-0.39, 0.29) is 5.56 Å². The van der Waals surface area contributed by atoms with E-state index in [0.29, 0.717) is 35.0 Å². The summed E-state index contributed by atoms with van der Waals surface area (Å²) in [5.41, 5.74) is 3.06. The van der Waals surface area contributed by atoms with E-state index < -0.39 is 5.97 Å². The molecule has 0 aliphatic rings. The second kappa shape index (κ2) is 8.18. The van der Waals surface area contributed by atoms with Crippen molar-refractivity contribution >= 4 is 28.2 Å². The Kier molecular flexibility index (Phi) is 5.71. The molecule has 0 bridgehead atoms. The Morgan fingerprint density at radius 3 is 2.56 bits per heavy atom. The molecular formula is C20H17BrN2O4. The maximum Gasteiger partial charge on any atom is 0.336 e. The summed E-state index contributed by atoms with van der Waals surface area (Å²) in [4.78, 5) is 27.0. The van der Waals surface area contributed by atoms with E-state index in [4.69, 9.17) is 4.74 Å². The number of rotatable bonds is 7. The minimum atomic E-state index is -0.963. The van der Waals surface area contributed by atoms with E-state index in [1.165, 1.54) is 0 Å². The van der Waals surface area contributed by atoms with Crippen molar-refractivity contribution in [2.45, 2.75) is 13.5 Å². The number of aromatic nitrogens is 2. The van der Waals surface area contributed by atoms with Crippen molar-refractivity contribution in [1.82, 2.24) is 9.55 Å². The molecule has 0 atom stereocenters. The Bertz CT molecular complexity index is 980. The van der Waals surface area contributed by atoms with Gasteiger partial charge in [-0.1, -0.05) is 42.5 Å². The van der Waals surface area contributed by atoms with Gasteiger partial charge in [-0.15, -0.1) is 0 Å². The number of halogens is 1. The van der Waals surface area contributed by atoms with Crippen LogP contribution in [0.1, 0.15) is 33.3 Å². The summed E-state index contributed by atoms with van der Waals surface area (Å²) >= 11 is 3.28. The van der Waals surface area contributed by atoms with Crippen LogP contribution in [0.2, 0.25) is 0 Å². The minimum Gasteiger partial charge on any atom is -0.478 e. The van der Waals surface area contributed by atoms with Gasteiger partial charge >= 0.3 is 5.97 Å². The molecule has 1 heterocycles. The summed E-state index contributed by atoms with van der Waals surface area (Å²) < 4.78 is 7.64. The van der Waals surface area contributed by atoms with Gasteiger partial charge in [0.05, 0.1) is 18.7 Å². The average molecular weight is 429 g/mol. The second-order valence-electron chi connectivity index (χ2n) is 5.76. The van der Waals surface area contributed by atoms with Crippen molar-refractivity contribution in [3.05, 3.63) is 70.0 Å². The number of hydrogen-bond acceptors (Lipinski definition) is 4. The first-order valence-electron chi connectivity index (χ1n) is 8.30. The average Bonchev–Trinajstić information content (AvgIpc) is 2.97. The zero-order valence-electron chi connectivity index (χ0n) is 14.6. The zero-order valence-corrected chi connectivity index (χ0v) is 16.1. The summed E-state index contributed by atoms with van der Waals surface area (Å²) in [7, 11) is 0. The molecule has 0 aliphatic carbocycles. The molecule has 3 rings (SSSR count). The van der Waals surface area contributed by atoms with Gasteiger partial charge in [0.1, 0.15) is 10.3 Å². The van der Waals surface area contributed by atoms with Gasteiger partial charge in [0.25, 0.3) is 6.01 Å². The fourth-order valence-corrected chi connectivity index (χ4v) is 3.27. The van der Waals surface area contributed by atoms with Crippen molar-refractivity contribution in [2.24, 2.45) is 0 Å². The lowest BCUT2D eigenvalue weighted by Gasteiger charge is -2.11. The van der Waals surface area contributed by atoms with Gasteiger partial charge in [-0.3, -0.25) is 9.36 Å². The largest absolute Gasteiger partial charge is 0.478 e. The van der Waals surface area contributed by atoms with E-state index in [0.717, 1.165) is 17.4 Å². The third-order valence-corrected chi connectivity index (χ3v) is 4.66. The molecule has 3 aromatic rings. The van der Waals surface area contributed by atoms with Crippen LogP contribution in [0, 0.1) is 0 Å². The molecule has 7 heteroatoms. The normalized spacial score (nSPS) is 10.6. The molecule has 0 unspecified atom stereocenters. The third-order valence-electron chi connectivity index (χ3n) is 4.08. The zero-order chi connectivity index (χ0) is 19.4. The number of imidazole rings is 1. The molecule has 27 heavy (non-hydrogen) atoms. The third kappa shape index (κ3) is 3.93. The number of hydrogen-bond donors (Lipinski definition) is 1. The number of aromatic carboxylic acids is 1. The molecule has 138 valence electrons. The topological polar surface area (TPSA) is 81.4 Å². The van der Waals surface area contributed by atoms with Gasteiger partial charge in [0.15, 0.2) is 6.29 Å². The summed E-state index contributed by atoms with van der Waals surface area (Å²) in [6, 6.07) is 14.8. The van der Waals surface area contributed by atoms with Gasteiger partial charge in [-0.2, -0.15) is 4.98 Å². The minimum absolute atomic E-state index is 0.255. The van der Waals surface area contributed by atoms with Crippen LogP contribution in [0.4, 0.5) is 0 Å². The first-order chi connectivity index (χ1) is 13.0. The highest BCUT2D eigenvalue weighted by atomic mass is 79.9. The van der Waals surface area contributed by atoms with Crippen LogP contribution in [0.15, 0.2) is 53.1 Å². The maximum absolute atomic E-state index is 11.4. The Hall–Kier alpha value is -2.93. The summed E-state index contributed by atoms with van der Waals surface area (Å²) in [6.07, 6.45) is 0.733. The Labute approximate surface area is 164 Å². The molecule has 0 aliphatic heterocycles. The smallest absolute Gasteiger partial charge is 0.336 e. The SMILES string of the molecule is CCOc1nc(Br)c(C=O)n1Cc1ccc(-c2ccccc2C(=O)O)cc1. The molecular weight excluding hydrogens is 412 g/mol. The van der Waals surface area contributed by atoms with Crippen LogP contribution in [-0.2, 0) is 6.54 Å². The van der Waals surface area contributed by atoms with Crippen molar-refractivity contribution in [3.8, 4) is 17.1 Å². The summed E-state index contributed by atoms with van der Waals surface area (Å²) in [6.45, 7) is 2.69. The number of aldehydes is 1. The van der Waals surface area contributed by atoms with Crippen LogP contribution in [0.5, 0.6) is 6.01 Å². The van der Waals surface area contributed by atoms with E-state index >= 15 is 0 Å². The number of carbonyl (C=O) groups is 2. The van der Waals surface area contributed by atoms with Gasteiger partial charge in [-0.25, -0.2) is 4.79 Å². The molecule has 1 N–H and O–H groups in total. The van der Waals surface area contributed by atoms with Crippen molar-refractivity contribution in [2.75, 3.05) is 6.61 Å². The highest BCUT2D eigenvalue weighted by Crippen LogP contribution is 2.26. The van der Waals surface area contributed by atoms with Crippen molar-refractivity contribution < 1.29 is 19.4 Å². The van der Waals surface area contributed by atoms with Gasteiger partial charge < -0.3 is 9.84 Å². The van der Waals surface area contributed by atoms with Crippen LogP contribution < -0.4 is 4.74 Å². The van der Waals surface area contributed by atoms with Crippen molar-refractivity contribution in [3.63, 3.8) is 0 Å². The molecule has 1 aromatic heterocycles. The molecule has 0 amide bonds. The van der Waals surface area contributed by atoms with Crippen LogP contribution in [0.25, 0.3) is 11.1 Å². The fourth-order valence-electron chi connectivity index (χ4n) is 2.81. The molecule has 0 spiro atoms. The van der Waals surface area contributed by atoms with Gasteiger partial charge in [0.2, 0.25) is 0 Å². The second-order valence-corrected chi connectivity index (χ2v) is 6.51. The maximum atomic E-state index is 11.4. The quantitative estimate of drug-likeness (QED) is 0.568. The number of carboxylic acids is 1. The molecule has 0 fully saturated rings. The summed E-state index contributed by atoms with van der Waals surface area (Å²) in [5, 5.41) is 9.36. The highest BCUT2D eigenvalue weighted by Gasteiger charge is 2.16. The molecule has 0 saturated carbocycles. The van der Waals surface area contributed by atoms with Crippen LogP contribution in [0.3, 0.4) is 0 Å². The molecule has 0 radical (unpaired) electrons. The lowest BCUT2D eigenvalue weighted by Crippen LogP contribution is -2.08. The number of benzene rings is 2. The number of nitrogens with zero attached hydrogens (tertiary/aromatic N) is 2. The fraction of sp³-hybridized carbons (Fsp3) is 0.150. The predicted octanol–water partition coefficient (Wildman–Crippen LogP) is 4.27. The van der Waals surface area contributed by atoms with Crippen LogP contribution in [-0.4, -0.2) is 33.5 Å². The lowest BCUT2D eigenvalue weighted by atomic mass is 9.99. The monoisotopic (exact) mass is 428 g/mol. The van der Waals surface area contributed by atoms with E-state index in [9.17, 15) is 14.7 Å². The first kappa shape index (κ1) is 18.8. The van der Waals surface area contributed by atoms with Crippen LogP contribution >= 0.6 is 15.9 Å². The first-order valence-corrected chi connectivity index (χ1v) is 9.10. The number of carboxylic acid groups (broad SMARTS) is 1. The molecule has 2 aromatic carbocycles. The Morgan fingerprint density at radius 2 is 1.93 bits per heavy atom. The Morgan fingerprint density at radius 1 is 1.22 bits per heavy atom. The number of carbonyl (C=O) groups excluding carboxylic acids is 1. The standard InChI is InChI=1S/C20H17BrN2O4/c1-2-27-20-22-18(21)17(12-24)23(20)11-13-7-9-14(10-8-13)15-5-3-4-6-16(15)19(25)26/h3-10,12H,2,11H2,1H3,(H,25,26). The summed E-state index contributed by atoms with van der Waals surface area (Å²) in [5.74, 6) is -0.963. The molecule has 6 nitrogen and oxygen atoms in total. The van der Waals surface area contributed by atoms with Gasteiger partial charge in [0, 0.05) is 0 Å². The van der Waals surface area contributed by atoms with E-state index in [1.807, 2.05) is 37.3 Å². The van der Waals surface area contributed by atoms with E-state index in [2.05, 4.69) is 20.9 Å². The number of ether oxygens (including phenoxy) is 1. The van der Waals surface area contributed by atoms with Crippen molar-refractivity contribution in [1.29, 1.82) is 0 Å². The lowest BCUT2D eigenvalue weighted by molar-refractivity contribution is 0.0697. The Balaban J connectivity index is 1.92. The highest BCUT2D eigenvalue weighted by molar-refractivity contribution is 9.10. The van der Waals surface area contributed by atoms with E-state index in [1.54, 1.807) is 22.8 Å². The molecule has 0 saturated heterocycles. The predicted molar refractivity (Wildman–Crippen MR) is 104 cm³/mol. The van der Waals surface area contributed by atoms with Gasteiger partial charge in [-0.05, 0) is 45.6 Å².